The fraction of sp³-hybridized carbons (Fsp3) is 0.647. The van der Waals surface area contributed by atoms with Crippen LogP contribution in [-0.4, -0.2) is 31.6 Å². The molecule has 21 heavy (non-hydrogen) atoms. The summed E-state index contributed by atoms with van der Waals surface area (Å²) in [5.74, 6) is 0.489. The molecule has 118 valence electrons. The first-order chi connectivity index (χ1) is 10.2. The quantitative estimate of drug-likeness (QED) is 0.853. The predicted octanol–water partition coefficient (Wildman–Crippen LogP) is 4.01. The van der Waals surface area contributed by atoms with Gasteiger partial charge in [0.2, 0.25) is 0 Å². The lowest BCUT2D eigenvalue weighted by molar-refractivity contribution is 0.0918. The number of hydrogen-bond donors (Lipinski definition) is 1. The molecule has 2 atom stereocenters. The molecule has 1 aliphatic heterocycles. The number of benzene rings is 1. The molecule has 2 rings (SSSR count). The van der Waals surface area contributed by atoms with Crippen LogP contribution in [0.2, 0.25) is 0 Å². The molecule has 0 spiro atoms. The third-order valence-electron chi connectivity index (χ3n) is 4.34. The summed E-state index contributed by atoms with van der Waals surface area (Å²) in [7, 11) is 1.96. The van der Waals surface area contributed by atoms with E-state index in [4.69, 9.17) is 0 Å². The molecule has 2 nitrogen and oxygen atoms in total. The topological polar surface area (TPSA) is 15.3 Å². The molecule has 1 aromatic carbocycles. The van der Waals surface area contributed by atoms with Gasteiger partial charge >= 0.3 is 0 Å². The molecule has 0 radical (unpaired) electrons. The minimum atomic E-state index is -2.39. The first-order valence-electron chi connectivity index (χ1n) is 7.94. The fourth-order valence-electron chi connectivity index (χ4n) is 3.53. The summed E-state index contributed by atoms with van der Waals surface area (Å²) in [6.07, 6.45) is 1.05. The Kier molecular flexibility index (Phi) is 6.12. The van der Waals surface area contributed by atoms with Gasteiger partial charge in [0.25, 0.3) is 6.43 Å². The second kappa shape index (κ2) is 7.85. The maximum absolute atomic E-state index is 13.0. The van der Waals surface area contributed by atoms with Gasteiger partial charge in [-0.05, 0) is 63.5 Å². The summed E-state index contributed by atoms with van der Waals surface area (Å²) in [4.78, 5) is 2.47. The van der Waals surface area contributed by atoms with E-state index in [9.17, 15) is 8.78 Å². The Bertz CT molecular complexity index is 419. The molecule has 0 bridgehead atoms. The molecular weight excluding hydrogens is 270 g/mol. The molecule has 0 aromatic heterocycles. The summed E-state index contributed by atoms with van der Waals surface area (Å²) in [5, 5.41) is 3.26. The third kappa shape index (κ3) is 4.01. The maximum atomic E-state index is 13.0. The lowest BCUT2D eigenvalue weighted by Gasteiger charge is -2.42. The molecule has 0 saturated carbocycles. The van der Waals surface area contributed by atoms with E-state index >= 15 is 0 Å². The molecule has 2 unspecified atom stereocenters. The van der Waals surface area contributed by atoms with Crippen molar-refractivity contribution >= 4 is 0 Å². The predicted molar refractivity (Wildman–Crippen MR) is 82.7 cm³/mol. The molecule has 1 saturated heterocycles. The van der Waals surface area contributed by atoms with Crippen molar-refractivity contribution in [1.82, 2.24) is 10.2 Å². The van der Waals surface area contributed by atoms with Crippen LogP contribution in [0.1, 0.15) is 49.8 Å². The number of halogens is 2. The number of nitrogens with zero attached hydrogens (tertiary/aromatic N) is 1. The average molecular weight is 296 g/mol. The summed E-state index contributed by atoms with van der Waals surface area (Å²) in [5.41, 5.74) is 1.18. The van der Waals surface area contributed by atoms with Gasteiger partial charge in [0, 0.05) is 11.6 Å². The fourth-order valence-corrected chi connectivity index (χ4v) is 3.53. The number of piperidine rings is 1. The van der Waals surface area contributed by atoms with Crippen molar-refractivity contribution in [1.29, 1.82) is 0 Å². The Morgan fingerprint density at radius 1 is 1.38 bits per heavy atom. The first-order valence-corrected chi connectivity index (χ1v) is 7.94. The van der Waals surface area contributed by atoms with Crippen LogP contribution in [0, 0.1) is 5.92 Å². The Labute approximate surface area is 126 Å². The molecule has 0 amide bonds. The smallest absolute Gasteiger partial charge is 0.263 e. The number of alkyl halides is 2. The van der Waals surface area contributed by atoms with Gasteiger partial charge in [0.1, 0.15) is 0 Å². The molecule has 0 aliphatic carbocycles. The number of likely N-dealkylation sites (tertiary alicyclic amines) is 1. The highest BCUT2D eigenvalue weighted by molar-refractivity contribution is 5.28. The average Bonchev–Trinajstić information content (AvgIpc) is 2.48. The molecule has 1 heterocycles. The zero-order valence-corrected chi connectivity index (χ0v) is 13.0. The number of nitrogens with one attached hydrogen (secondary N) is 1. The van der Waals surface area contributed by atoms with E-state index in [2.05, 4.69) is 17.1 Å². The number of rotatable bonds is 6. The van der Waals surface area contributed by atoms with E-state index in [1.54, 1.807) is 12.1 Å². The second-order valence-electron chi connectivity index (χ2n) is 5.91. The molecule has 4 heteroatoms. The monoisotopic (exact) mass is 296 g/mol. The molecule has 1 fully saturated rings. The van der Waals surface area contributed by atoms with E-state index in [1.807, 2.05) is 13.1 Å². The van der Waals surface area contributed by atoms with Crippen LogP contribution in [0.3, 0.4) is 0 Å². The second-order valence-corrected chi connectivity index (χ2v) is 5.91. The van der Waals surface area contributed by atoms with Crippen LogP contribution in [0.25, 0.3) is 0 Å². The van der Waals surface area contributed by atoms with Crippen molar-refractivity contribution in [3.63, 3.8) is 0 Å². The van der Waals surface area contributed by atoms with Gasteiger partial charge in [-0.1, -0.05) is 25.1 Å². The highest BCUT2D eigenvalue weighted by Gasteiger charge is 2.32. The van der Waals surface area contributed by atoms with Crippen LogP contribution >= 0.6 is 0 Å². The van der Waals surface area contributed by atoms with Gasteiger partial charge in [0.15, 0.2) is 0 Å². The zero-order chi connectivity index (χ0) is 15.2. The Morgan fingerprint density at radius 3 is 2.86 bits per heavy atom. The number of hydrogen-bond acceptors (Lipinski definition) is 2. The van der Waals surface area contributed by atoms with E-state index in [0.29, 0.717) is 5.92 Å². The van der Waals surface area contributed by atoms with E-state index in [-0.39, 0.29) is 11.6 Å². The normalized spacial score (nSPS) is 23.7. The van der Waals surface area contributed by atoms with Gasteiger partial charge in [-0.25, -0.2) is 8.78 Å². The van der Waals surface area contributed by atoms with Gasteiger partial charge in [-0.2, -0.15) is 0 Å². The lowest BCUT2D eigenvalue weighted by Crippen LogP contribution is -2.42. The van der Waals surface area contributed by atoms with Gasteiger partial charge in [-0.3, -0.25) is 4.90 Å². The van der Waals surface area contributed by atoms with Crippen LogP contribution in [0.5, 0.6) is 0 Å². The van der Waals surface area contributed by atoms with Crippen LogP contribution in [0.4, 0.5) is 8.78 Å². The third-order valence-corrected chi connectivity index (χ3v) is 4.34. The summed E-state index contributed by atoms with van der Waals surface area (Å²) >= 11 is 0. The zero-order valence-electron chi connectivity index (χ0n) is 13.0. The summed E-state index contributed by atoms with van der Waals surface area (Å²) < 4.78 is 26.0. The van der Waals surface area contributed by atoms with Crippen molar-refractivity contribution in [3.8, 4) is 0 Å². The lowest BCUT2D eigenvalue weighted by atomic mass is 9.84. The van der Waals surface area contributed by atoms with E-state index < -0.39 is 6.43 Å². The highest BCUT2D eigenvalue weighted by Crippen LogP contribution is 2.37. The van der Waals surface area contributed by atoms with Crippen molar-refractivity contribution in [2.24, 2.45) is 5.92 Å². The SMILES string of the molecule is CCCN1CCCC(CNC)C1c1cccc(C(F)F)c1. The standard InChI is InChI=1S/C17H26F2N2/c1-3-9-21-10-5-8-15(12-20-2)16(21)13-6-4-7-14(11-13)17(18)19/h4,6-7,11,15-17,20H,3,5,8-10,12H2,1-2H3. The minimum Gasteiger partial charge on any atom is -0.319 e. The molecule has 1 aliphatic rings. The van der Waals surface area contributed by atoms with Crippen molar-refractivity contribution in [3.05, 3.63) is 35.4 Å². The van der Waals surface area contributed by atoms with Crippen LogP contribution in [-0.2, 0) is 0 Å². The Balaban J connectivity index is 2.30. The van der Waals surface area contributed by atoms with Crippen LogP contribution < -0.4 is 5.32 Å². The van der Waals surface area contributed by atoms with Gasteiger partial charge in [-0.15, -0.1) is 0 Å². The molecule has 1 N–H and O–H groups in total. The largest absolute Gasteiger partial charge is 0.319 e. The van der Waals surface area contributed by atoms with E-state index in [0.717, 1.165) is 38.0 Å². The summed E-state index contributed by atoms with van der Waals surface area (Å²) in [6, 6.07) is 7.25. The Hall–Kier alpha value is -1.00. The van der Waals surface area contributed by atoms with Crippen molar-refractivity contribution in [2.75, 3.05) is 26.7 Å². The van der Waals surface area contributed by atoms with Crippen LogP contribution in [0.15, 0.2) is 24.3 Å². The Morgan fingerprint density at radius 2 is 2.19 bits per heavy atom. The van der Waals surface area contributed by atoms with Gasteiger partial charge < -0.3 is 5.32 Å². The van der Waals surface area contributed by atoms with Crippen molar-refractivity contribution < 1.29 is 8.78 Å². The molecule has 1 aromatic rings. The minimum absolute atomic E-state index is 0.137. The molecular formula is C17H26F2N2. The highest BCUT2D eigenvalue weighted by atomic mass is 19.3. The van der Waals surface area contributed by atoms with Gasteiger partial charge in [0.05, 0.1) is 0 Å². The first kappa shape index (κ1) is 16.4. The maximum Gasteiger partial charge on any atom is 0.263 e. The van der Waals surface area contributed by atoms with E-state index in [1.165, 1.54) is 12.5 Å². The summed E-state index contributed by atoms with van der Waals surface area (Å²) in [6.45, 7) is 5.21. The van der Waals surface area contributed by atoms with Crippen molar-refractivity contribution in [2.45, 2.75) is 38.7 Å².